The molecule has 37 heavy (non-hydrogen) atoms. The molecule has 0 radical (unpaired) electrons. The van der Waals surface area contributed by atoms with E-state index < -0.39 is 28.5 Å². The van der Waals surface area contributed by atoms with E-state index in [4.69, 9.17) is 0 Å². The molecule has 2 bridgehead atoms. The maximum atomic E-state index is 14.9. The van der Waals surface area contributed by atoms with Crippen LogP contribution in [0.4, 0.5) is 14.6 Å². The summed E-state index contributed by atoms with van der Waals surface area (Å²) in [4.78, 5) is 31.8. The van der Waals surface area contributed by atoms with Crippen LogP contribution in [0, 0.1) is 35.3 Å². The number of rotatable bonds is 5. The number of fused-ring (bicyclic) bond motifs is 2. The van der Waals surface area contributed by atoms with Gasteiger partial charge in [-0.05, 0) is 101 Å². The van der Waals surface area contributed by atoms with Crippen molar-refractivity contribution in [2.24, 2.45) is 23.7 Å². The summed E-state index contributed by atoms with van der Waals surface area (Å²) in [5.41, 5.74) is -0.741. The Bertz CT molecular complexity index is 1460. The fourth-order valence-corrected chi connectivity index (χ4v) is 7.24. The zero-order valence-corrected chi connectivity index (χ0v) is 21.4. The van der Waals surface area contributed by atoms with Gasteiger partial charge in [0, 0.05) is 23.8 Å². The van der Waals surface area contributed by atoms with Gasteiger partial charge in [0.15, 0.2) is 5.65 Å². The fraction of sp³-hybridized carbons (Fsp3) is 0.483. The molecule has 5 atom stereocenters. The first kappa shape index (κ1) is 24.1. The molecule has 2 aromatic heterocycles. The van der Waals surface area contributed by atoms with Crippen molar-refractivity contribution in [3.8, 4) is 5.69 Å². The minimum Gasteiger partial charge on any atom is -0.368 e. The maximum absolute atomic E-state index is 14.9. The number of pyridine rings is 2. The summed E-state index contributed by atoms with van der Waals surface area (Å²) in [6, 6.07) is 6.57. The van der Waals surface area contributed by atoms with Crippen molar-refractivity contribution in [2.45, 2.75) is 64.5 Å². The van der Waals surface area contributed by atoms with E-state index in [0.717, 1.165) is 36.8 Å². The lowest BCUT2D eigenvalue weighted by molar-refractivity contribution is 0.0570. The molecule has 2 heterocycles. The summed E-state index contributed by atoms with van der Waals surface area (Å²) in [6.45, 7) is 5.99. The largest absolute Gasteiger partial charge is 0.368 e. The van der Waals surface area contributed by atoms with Crippen LogP contribution in [-0.4, -0.2) is 27.0 Å². The molecule has 1 amide bonds. The molecule has 3 saturated carbocycles. The van der Waals surface area contributed by atoms with E-state index in [-0.39, 0.29) is 28.3 Å². The molecule has 8 heteroatoms. The summed E-state index contributed by atoms with van der Waals surface area (Å²) in [7, 11) is 0. The third-order valence-corrected chi connectivity index (χ3v) is 8.63. The van der Waals surface area contributed by atoms with E-state index in [1.165, 1.54) is 36.1 Å². The monoisotopic (exact) mass is 506 g/mol. The Hall–Kier alpha value is -3.29. The van der Waals surface area contributed by atoms with Crippen LogP contribution in [0.15, 0.2) is 41.3 Å². The number of hydrogen-bond donors (Lipinski definition) is 2. The normalized spacial score (nSPS) is 28.2. The number of nitrogens with zero attached hydrogens (tertiary/aromatic N) is 2. The third kappa shape index (κ3) is 4.20. The van der Waals surface area contributed by atoms with Gasteiger partial charge < -0.3 is 10.6 Å². The molecule has 0 aliphatic heterocycles. The van der Waals surface area contributed by atoms with Crippen LogP contribution in [-0.2, 0) is 0 Å². The Morgan fingerprint density at radius 2 is 1.92 bits per heavy atom. The quantitative estimate of drug-likeness (QED) is 0.484. The molecule has 3 aliphatic rings. The van der Waals surface area contributed by atoms with Gasteiger partial charge in [-0.25, -0.2) is 13.8 Å². The van der Waals surface area contributed by atoms with E-state index in [2.05, 4.69) is 22.5 Å². The summed E-state index contributed by atoms with van der Waals surface area (Å²) < 4.78 is 30.0. The van der Waals surface area contributed by atoms with Gasteiger partial charge in [0.25, 0.3) is 5.91 Å². The number of benzene rings is 1. The lowest BCUT2D eigenvalue weighted by atomic mass is 9.62. The third-order valence-electron chi connectivity index (χ3n) is 8.63. The zero-order valence-electron chi connectivity index (χ0n) is 21.4. The van der Waals surface area contributed by atoms with Crippen molar-refractivity contribution in [1.29, 1.82) is 0 Å². The predicted octanol–water partition coefficient (Wildman–Crippen LogP) is 5.43. The van der Waals surface area contributed by atoms with Crippen molar-refractivity contribution in [1.82, 2.24) is 14.9 Å². The van der Waals surface area contributed by atoms with Gasteiger partial charge in [-0.3, -0.25) is 14.2 Å². The Balaban J connectivity index is 1.43. The zero-order chi connectivity index (χ0) is 26.1. The van der Waals surface area contributed by atoms with E-state index in [0.29, 0.717) is 17.7 Å². The Morgan fingerprint density at radius 3 is 2.68 bits per heavy atom. The first-order chi connectivity index (χ1) is 17.6. The van der Waals surface area contributed by atoms with Crippen LogP contribution in [0.2, 0.25) is 0 Å². The highest BCUT2D eigenvalue weighted by Gasteiger charge is 2.53. The summed E-state index contributed by atoms with van der Waals surface area (Å²) in [5, 5.41) is 6.57. The van der Waals surface area contributed by atoms with Crippen LogP contribution in [0.1, 0.15) is 63.2 Å². The molecule has 3 fully saturated rings. The molecule has 0 spiro atoms. The Labute approximate surface area is 214 Å². The molecule has 6 rings (SSSR count). The molecule has 194 valence electrons. The van der Waals surface area contributed by atoms with Crippen molar-refractivity contribution in [2.75, 3.05) is 5.32 Å². The summed E-state index contributed by atoms with van der Waals surface area (Å²) in [5.74, 6) is 1.38. The number of nitrogens with one attached hydrogen (secondary N) is 2. The number of hydrogen-bond acceptors (Lipinski definition) is 4. The number of carbonyl (C=O) groups excluding carboxylic acids is 1. The number of aromatic nitrogens is 2. The van der Waals surface area contributed by atoms with Gasteiger partial charge >= 0.3 is 0 Å². The van der Waals surface area contributed by atoms with E-state index in [1.54, 1.807) is 12.1 Å². The SMILES string of the molecule is CC(C)Nc1ccc2c(=O)c(C(=O)NC3(C)CC4CC5CC(C3)C5C4)cn(-c3ccc(F)cc3F)c2n1. The smallest absolute Gasteiger partial charge is 0.257 e. The summed E-state index contributed by atoms with van der Waals surface area (Å²) in [6.07, 6.45) is 6.87. The van der Waals surface area contributed by atoms with Crippen LogP contribution in [0.5, 0.6) is 0 Å². The molecule has 5 unspecified atom stereocenters. The lowest BCUT2D eigenvalue weighted by Crippen LogP contribution is -2.51. The molecule has 2 N–H and O–H groups in total. The van der Waals surface area contributed by atoms with Crippen LogP contribution in [0.25, 0.3) is 16.7 Å². The fourth-order valence-electron chi connectivity index (χ4n) is 7.24. The number of amides is 1. The molecule has 3 aliphatic carbocycles. The van der Waals surface area contributed by atoms with Crippen molar-refractivity contribution in [3.05, 3.63) is 63.9 Å². The van der Waals surface area contributed by atoms with Crippen molar-refractivity contribution < 1.29 is 13.6 Å². The molecule has 6 nitrogen and oxygen atoms in total. The Kier molecular flexibility index (Phi) is 5.62. The van der Waals surface area contributed by atoms with Crippen molar-refractivity contribution >= 4 is 22.8 Å². The van der Waals surface area contributed by atoms with Gasteiger partial charge in [-0.2, -0.15) is 0 Å². The molecule has 0 saturated heterocycles. The topological polar surface area (TPSA) is 76.0 Å². The summed E-state index contributed by atoms with van der Waals surface area (Å²) >= 11 is 0. The van der Waals surface area contributed by atoms with Gasteiger partial charge in [0.1, 0.15) is 23.0 Å². The minimum absolute atomic E-state index is 0.00754. The second-order valence-electron chi connectivity index (χ2n) is 11.9. The minimum atomic E-state index is -0.813. The second kappa shape index (κ2) is 8.64. The highest BCUT2D eigenvalue weighted by molar-refractivity contribution is 5.97. The van der Waals surface area contributed by atoms with E-state index >= 15 is 0 Å². The van der Waals surface area contributed by atoms with Gasteiger partial charge in [0.05, 0.1) is 11.1 Å². The van der Waals surface area contributed by atoms with Crippen LogP contribution >= 0.6 is 0 Å². The van der Waals surface area contributed by atoms with Gasteiger partial charge in [-0.1, -0.05) is 0 Å². The molecule has 1 aromatic carbocycles. The second-order valence-corrected chi connectivity index (χ2v) is 11.9. The number of halogens is 2. The van der Waals surface area contributed by atoms with Gasteiger partial charge in [-0.15, -0.1) is 0 Å². The van der Waals surface area contributed by atoms with Crippen LogP contribution < -0.4 is 16.1 Å². The first-order valence-electron chi connectivity index (χ1n) is 13.2. The number of carbonyl (C=O) groups is 1. The lowest BCUT2D eigenvalue weighted by Gasteiger charge is -2.46. The van der Waals surface area contributed by atoms with Crippen LogP contribution in [0.3, 0.4) is 0 Å². The highest BCUT2D eigenvalue weighted by atomic mass is 19.1. The molecular weight excluding hydrogens is 474 g/mol. The first-order valence-corrected chi connectivity index (χ1v) is 13.2. The highest BCUT2D eigenvalue weighted by Crippen LogP contribution is 2.60. The Morgan fingerprint density at radius 1 is 1.11 bits per heavy atom. The number of anilines is 1. The molecular formula is C29H32F2N4O2. The van der Waals surface area contributed by atoms with Gasteiger partial charge in [0.2, 0.25) is 5.43 Å². The average molecular weight is 507 g/mol. The molecule has 3 aromatic rings. The average Bonchev–Trinajstić information content (AvgIpc) is 3.07. The predicted molar refractivity (Wildman–Crippen MR) is 139 cm³/mol. The van der Waals surface area contributed by atoms with Crippen molar-refractivity contribution in [3.63, 3.8) is 0 Å². The van der Waals surface area contributed by atoms with E-state index in [9.17, 15) is 18.4 Å². The maximum Gasteiger partial charge on any atom is 0.257 e. The van der Waals surface area contributed by atoms with E-state index in [1.807, 2.05) is 13.8 Å². The standard InChI is InChI=1S/C29H32F2N4O2/c1-15(2)32-25-7-5-20-26(36)22(14-35(27(20)33-25)24-6-4-19(30)11-23(24)31)28(37)34-29(3)12-16-8-17-10-18(13-29)21(17)9-16/h4-7,11,14-18,21H,8-10,12-13H2,1-3H3,(H,32,33)(H,34,37).